The van der Waals surface area contributed by atoms with Crippen molar-refractivity contribution in [1.29, 1.82) is 5.26 Å². The van der Waals surface area contributed by atoms with Crippen LogP contribution in [-0.2, 0) is 5.75 Å². The molecule has 0 aliphatic rings. The van der Waals surface area contributed by atoms with Crippen LogP contribution in [0.15, 0.2) is 22.5 Å². The molecule has 7 heteroatoms. The van der Waals surface area contributed by atoms with Gasteiger partial charge in [-0.25, -0.2) is 4.39 Å². The molecule has 0 amide bonds. The van der Waals surface area contributed by atoms with E-state index in [1.807, 2.05) is 25.1 Å². The number of anilines is 1. The average Bonchev–Trinajstić information content (AvgIpc) is 2.84. The van der Waals surface area contributed by atoms with E-state index in [4.69, 9.17) is 5.26 Å². The molecule has 0 atom stereocenters. The molecule has 19 heavy (non-hydrogen) atoms. The van der Waals surface area contributed by atoms with E-state index in [-0.39, 0.29) is 5.82 Å². The maximum Gasteiger partial charge on any atom is 0.208 e. The third-order valence-corrected chi connectivity index (χ3v) is 4.52. The zero-order chi connectivity index (χ0) is 13.8. The summed E-state index contributed by atoms with van der Waals surface area (Å²) in [5.41, 5.74) is 1.10. The van der Waals surface area contributed by atoms with E-state index in [1.165, 1.54) is 35.2 Å². The van der Waals surface area contributed by atoms with Gasteiger partial charge in [0.2, 0.25) is 5.13 Å². The lowest BCUT2D eigenvalue weighted by Gasteiger charge is -2.03. The Bertz CT molecular complexity index is 618. The van der Waals surface area contributed by atoms with Gasteiger partial charge in [0.1, 0.15) is 5.82 Å². The summed E-state index contributed by atoms with van der Waals surface area (Å²) in [4.78, 5) is 1.89. The molecule has 98 valence electrons. The second-order valence-electron chi connectivity index (χ2n) is 3.99. The Kier molecular flexibility index (Phi) is 4.35. The second kappa shape index (κ2) is 5.99. The number of hydrogen-bond acceptors (Lipinski definition) is 6. The molecule has 0 saturated heterocycles. The van der Waals surface area contributed by atoms with E-state index in [0.29, 0.717) is 11.3 Å². The van der Waals surface area contributed by atoms with Crippen molar-refractivity contribution < 1.29 is 4.39 Å². The zero-order valence-electron chi connectivity index (χ0n) is 10.4. The van der Waals surface area contributed by atoms with Gasteiger partial charge in [0.15, 0.2) is 4.34 Å². The smallest absolute Gasteiger partial charge is 0.208 e. The summed E-state index contributed by atoms with van der Waals surface area (Å²) >= 11 is 2.96. The molecule has 0 aliphatic carbocycles. The lowest BCUT2D eigenvalue weighted by Crippen LogP contribution is -2.07. The fourth-order valence-electron chi connectivity index (χ4n) is 1.38. The molecular formula is C12H11FN4S2. The number of hydrogen-bond donors (Lipinski definition) is 0. The van der Waals surface area contributed by atoms with Crippen molar-refractivity contribution in [2.24, 2.45) is 0 Å². The second-order valence-corrected chi connectivity index (χ2v) is 6.17. The average molecular weight is 294 g/mol. The number of halogens is 1. The van der Waals surface area contributed by atoms with Crippen LogP contribution in [0.5, 0.6) is 0 Å². The highest BCUT2D eigenvalue weighted by molar-refractivity contribution is 8.00. The van der Waals surface area contributed by atoms with Crippen LogP contribution in [0.4, 0.5) is 9.52 Å². The predicted molar refractivity (Wildman–Crippen MR) is 74.9 cm³/mol. The Labute approximate surface area is 118 Å². The first kappa shape index (κ1) is 13.8. The lowest BCUT2D eigenvalue weighted by atomic mass is 10.1. The predicted octanol–water partition coefficient (Wildman–Crippen LogP) is 2.91. The quantitative estimate of drug-likeness (QED) is 0.812. The van der Waals surface area contributed by atoms with E-state index in [0.717, 1.165) is 15.0 Å². The summed E-state index contributed by atoms with van der Waals surface area (Å²) in [7, 11) is 3.81. The standard InChI is InChI=1S/C12H11FN4S2/c1-17(2)11-15-16-12(19-11)18-7-9-3-8(6-14)4-10(13)5-9/h3-5H,7H2,1-2H3. The van der Waals surface area contributed by atoms with Gasteiger partial charge >= 0.3 is 0 Å². The van der Waals surface area contributed by atoms with Crippen LogP contribution in [0.25, 0.3) is 0 Å². The third kappa shape index (κ3) is 3.66. The van der Waals surface area contributed by atoms with Gasteiger partial charge in [-0.05, 0) is 23.8 Å². The molecule has 0 unspecified atom stereocenters. The summed E-state index contributed by atoms with van der Waals surface area (Å²) in [6.45, 7) is 0. The Morgan fingerprint density at radius 2 is 2.16 bits per heavy atom. The van der Waals surface area contributed by atoms with Gasteiger partial charge in [0.05, 0.1) is 11.6 Å². The van der Waals surface area contributed by atoms with E-state index in [2.05, 4.69) is 10.2 Å². The molecule has 0 fully saturated rings. The molecule has 2 rings (SSSR count). The molecule has 2 aromatic rings. The Hall–Kier alpha value is -1.65. The monoisotopic (exact) mass is 294 g/mol. The summed E-state index contributed by atoms with van der Waals surface area (Å²) in [6, 6.07) is 6.29. The van der Waals surface area contributed by atoms with Gasteiger partial charge in [-0.2, -0.15) is 5.26 Å². The number of aromatic nitrogens is 2. The highest BCUT2D eigenvalue weighted by atomic mass is 32.2. The maximum atomic E-state index is 13.3. The van der Waals surface area contributed by atoms with Crippen molar-refractivity contribution in [1.82, 2.24) is 10.2 Å². The molecule has 1 aromatic heterocycles. The highest BCUT2D eigenvalue weighted by Crippen LogP contribution is 2.29. The highest BCUT2D eigenvalue weighted by Gasteiger charge is 2.07. The molecule has 1 aromatic carbocycles. The van der Waals surface area contributed by atoms with Crippen LogP contribution < -0.4 is 4.90 Å². The van der Waals surface area contributed by atoms with Gasteiger partial charge in [-0.1, -0.05) is 23.1 Å². The minimum atomic E-state index is -0.388. The SMILES string of the molecule is CN(C)c1nnc(SCc2cc(F)cc(C#N)c2)s1. The number of benzene rings is 1. The van der Waals surface area contributed by atoms with Crippen LogP contribution in [0.3, 0.4) is 0 Å². The summed E-state index contributed by atoms with van der Waals surface area (Å²) in [5, 5.41) is 17.7. The molecule has 0 spiro atoms. The minimum absolute atomic E-state index is 0.335. The van der Waals surface area contributed by atoms with Crippen LogP contribution >= 0.6 is 23.1 Å². The number of nitriles is 1. The zero-order valence-corrected chi connectivity index (χ0v) is 12.1. The topological polar surface area (TPSA) is 52.8 Å². The van der Waals surface area contributed by atoms with Gasteiger partial charge in [0.25, 0.3) is 0 Å². The van der Waals surface area contributed by atoms with Crippen molar-refractivity contribution in [2.75, 3.05) is 19.0 Å². The van der Waals surface area contributed by atoms with E-state index in [9.17, 15) is 4.39 Å². The molecule has 0 saturated carbocycles. The van der Waals surface area contributed by atoms with E-state index < -0.39 is 0 Å². The number of rotatable bonds is 4. The molecule has 0 aliphatic heterocycles. The van der Waals surface area contributed by atoms with Crippen LogP contribution in [0.1, 0.15) is 11.1 Å². The van der Waals surface area contributed by atoms with Gasteiger partial charge in [-0.3, -0.25) is 0 Å². The lowest BCUT2D eigenvalue weighted by molar-refractivity contribution is 0.626. The van der Waals surface area contributed by atoms with Gasteiger partial charge < -0.3 is 4.90 Å². The van der Waals surface area contributed by atoms with Gasteiger partial charge in [0, 0.05) is 19.8 Å². The molecule has 0 N–H and O–H groups in total. The maximum absolute atomic E-state index is 13.3. The summed E-state index contributed by atoms with van der Waals surface area (Å²) < 4.78 is 14.1. The normalized spacial score (nSPS) is 10.2. The number of thioether (sulfide) groups is 1. The van der Waals surface area contributed by atoms with Crippen molar-refractivity contribution in [3.05, 3.63) is 35.1 Å². The Morgan fingerprint density at radius 1 is 1.37 bits per heavy atom. The molecule has 0 bridgehead atoms. The molecular weight excluding hydrogens is 283 g/mol. The van der Waals surface area contributed by atoms with Crippen LogP contribution in [-0.4, -0.2) is 24.3 Å². The minimum Gasteiger partial charge on any atom is -0.353 e. The fourth-order valence-corrected chi connectivity index (χ4v) is 3.08. The van der Waals surface area contributed by atoms with Crippen LogP contribution in [0.2, 0.25) is 0 Å². The van der Waals surface area contributed by atoms with Crippen molar-refractivity contribution in [3.8, 4) is 6.07 Å². The Balaban J connectivity index is 2.06. The first-order valence-corrected chi connectivity index (χ1v) is 7.22. The first-order chi connectivity index (χ1) is 9.08. The summed E-state index contributed by atoms with van der Waals surface area (Å²) in [5.74, 6) is 0.176. The first-order valence-electron chi connectivity index (χ1n) is 5.41. The largest absolute Gasteiger partial charge is 0.353 e. The molecule has 0 radical (unpaired) electrons. The van der Waals surface area contributed by atoms with Gasteiger partial charge in [-0.15, -0.1) is 10.2 Å². The van der Waals surface area contributed by atoms with Crippen LogP contribution in [0, 0.1) is 17.1 Å². The number of nitrogens with zero attached hydrogens (tertiary/aromatic N) is 4. The van der Waals surface area contributed by atoms with Crippen molar-refractivity contribution in [3.63, 3.8) is 0 Å². The summed E-state index contributed by atoms with van der Waals surface area (Å²) in [6.07, 6.45) is 0. The fraction of sp³-hybridized carbons (Fsp3) is 0.250. The Morgan fingerprint density at radius 3 is 2.79 bits per heavy atom. The third-order valence-electron chi connectivity index (χ3n) is 2.23. The van der Waals surface area contributed by atoms with Crippen molar-refractivity contribution >= 4 is 28.2 Å². The van der Waals surface area contributed by atoms with Crippen molar-refractivity contribution in [2.45, 2.75) is 10.1 Å². The van der Waals surface area contributed by atoms with E-state index >= 15 is 0 Å². The van der Waals surface area contributed by atoms with E-state index in [1.54, 1.807) is 6.07 Å². The molecule has 1 heterocycles. The molecule has 4 nitrogen and oxygen atoms in total.